The Hall–Kier alpha value is -2.03. The fourth-order valence-corrected chi connectivity index (χ4v) is 3.95. The van der Waals surface area contributed by atoms with Gasteiger partial charge in [0.1, 0.15) is 11.0 Å². The van der Waals surface area contributed by atoms with Gasteiger partial charge in [0.15, 0.2) is 0 Å². The Labute approximate surface area is 162 Å². The molecular weight excluding hydrogens is 399 g/mol. The van der Waals surface area contributed by atoms with Gasteiger partial charge in [0.25, 0.3) is 11.8 Å². The topological polar surface area (TPSA) is 92.3 Å². The number of halogens is 2. The molecular formula is C16H12Cl2N4O3S. The van der Waals surface area contributed by atoms with Gasteiger partial charge in [0, 0.05) is 5.92 Å². The van der Waals surface area contributed by atoms with Crippen LogP contribution in [-0.4, -0.2) is 38.9 Å². The Morgan fingerprint density at radius 3 is 2.31 bits per heavy atom. The second-order valence-corrected chi connectivity index (χ2v) is 8.00. The quantitative estimate of drug-likeness (QED) is 0.780. The van der Waals surface area contributed by atoms with Crippen molar-refractivity contribution in [2.75, 3.05) is 5.32 Å². The number of carbonyl (C=O) groups excluding carboxylic acids is 3. The Morgan fingerprint density at radius 2 is 1.77 bits per heavy atom. The summed E-state index contributed by atoms with van der Waals surface area (Å²) in [4.78, 5) is 38.5. The molecule has 1 fully saturated rings. The van der Waals surface area contributed by atoms with Gasteiger partial charge in [0.05, 0.1) is 21.2 Å². The van der Waals surface area contributed by atoms with E-state index in [0.717, 1.165) is 22.7 Å². The molecule has 0 saturated heterocycles. The summed E-state index contributed by atoms with van der Waals surface area (Å²) in [5.41, 5.74) is 0.270. The fraction of sp³-hybridized carbons (Fsp3) is 0.312. The molecule has 1 aliphatic heterocycles. The standard InChI is InChI=1S/C16H12Cl2N4O3S/c1-6(12(23)19-16-21-20-13(26-16)7-2-3-7)22-14(24)8-4-10(17)11(18)5-9(8)15(22)25/h4-7H,2-3H2,1H3,(H,19,21,23). The van der Waals surface area contributed by atoms with Gasteiger partial charge in [-0.15, -0.1) is 10.2 Å². The van der Waals surface area contributed by atoms with Crippen molar-refractivity contribution in [3.8, 4) is 0 Å². The molecule has 1 aromatic carbocycles. The van der Waals surface area contributed by atoms with Crippen molar-refractivity contribution in [3.63, 3.8) is 0 Å². The van der Waals surface area contributed by atoms with Crippen LogP contribution in [-0.2, 0) is 4.79 Å². The first-order chi connectivity index (χ1) is 12.4. The number of carbonyl (C=O) groups is 3. The first kappa shape index (κ1) is 17.4. The lowest BCUT2D eigenvalue weighted by Gasteiger charge is -2.20. The maximum absolute atomic E-state index is 12.6. The lowest BCUT2D eigenvalue weighted by molar-refractivity contribution is -0.119. The Morgan fingerprint density at radius 1 is 1.19 bits per heavy atom. The van der Waals surface area contributed by atoms with E-state index in [-0.39, 0.29) is 21.2 Å². The van der Waals surface area contributed by atoms with Crippen molar-refractivity contribution < 1.29 is 14.4 Å². The minimum atomic E-state index is -1.02. The van der Waals surface area contributed by atoms with E-state index in [1.54, 1.807) is 0 Å². The molecule has 2 heterocycles. The molecule has 4 rings (SSSR count). The van der Waals surface area contributed by atoms with Gasteiger partial charge in [-0.3, -0.25) is 24.6 Å². The summed E-state index contributed by atoms with van der Waals surface area (Å²) in [5, 5.41) is 12.2. The van der Waals surface area contributed by atoms with Crippen LogP contribution in [0, 0.1) is 0 Å². The summed E-state index contributed by atoms with van der Waals surface area (Å²) in [5.74, 6) is -1.25. The van der Waals surface area contributed by atoms with E-state index in [9.17, 15) is 14.4 Å². The molecule has 7 nitrogen and oxygen atoms in total. The molecule has 0 spiro atoms. The molecule has 2 aromatic rings. The van der Waals surface area contributed by atoms with E-state index in [0.29, 0.717) is 11.0 Å². The largest absolute Gasteiger partial charge is 0.299 e. The van der Waals surface area contributed by atoms with Crippen LogP contribution in [0.3, 0.4) is 0 Å². The van der Waals surface area contributed by atoms with Crippen LogP contribution in [0.4, 0.5) is 5.13 Å². The summed E-state index contributed by atoms with van der Waals surface area (Å²) in [6.45, 7) is 1.48. The van der Waals surface area contributed by atoms with Gasteiger partial charge in [-0.1, -0.05) is 34.5 Å². The second kappa shape index (κ2) is 6.29. The molecule has 1 saturated carbocycles. The molecule has 3 amide bonds. The molecule has 1 unspecified atom stereocenters. The third-order valence-corrected chi connectivity index (χ3v) is 6.05. The molecule has 1 aromatic heterocycles. The van der Waals surface area contributed by atoms with Crippen LogP contribution in [0.15, 0.2) is 12.1 Å². The predicted molar refractivity (Wildman–Crippen MR) is 96.9 cm³/mol. The summed E-state index contributed by atoms with van der Waals surface area (Å²) < 4.78 is 0. The van der Waals surface area contributed by atoms with Crippen LogP contribution < -0.4 is 5.32 Å². The number of imide groups is 1. The number of amides is 3. The number of hydrogen-bond acceptors (Lipinski definition) is 6. The van der Waals surface area contributed by atoms with Crippen molar-refractivity contribution >= 4 is 57.4 Å². The molecule has 1 N–H and O–H groups in total. The summed E-state index contributed by atoms with van der Waals surface area (Å²) in [6, 6.07) is 1.67. The van der Waals surface area contributed by atoms with Gasteiger partial charge >= 0.3 is 0 Å². The van der Waals surface area contributed by atoms with E-state index in [1.807, 2.05) is 0 Å². The number of rotatable bonds is 4. The lowest BCUT2D eigenvalue weighted by atomic mass is 10.1. The maximum Gasteiger partial charge on any atom is 0.262 e. The lowest BCUT2D eigenvalue weighted by Crippen LogP contribution is -2.45. The number of hydrogen-bond donors (Lipinski definition) is 1. The number of benzene rings is 1. The summed E-state index contributed by atoms with van der Waals surface area (Å²) in [7, 11) is 0. The molecule has 2 aliphatic rings. The monoisotopic (exact) mass is 410 g/mol. The first-order valence-corrected chi connectivity index (χ1v) is 9.45. The second-order valence-electron chi connectivity index (χ2n) is 6.18. The molecule has 1 aliphatic carbocycles. The molecule has 0 bridgehead atoms. The van der Waals surface area contributed by atoms with Gasteiger partial charge in [-0.05, 0) is 31.9 Å². The number of nitrogens with zero attached hydrogens (tertiary/aromatic N) is 3. The van der Waals surface area contributed by atoms with Crippen LogP contribution in [0.5, 0.6) is 0 Å². The Balaban J connectivity index is 1.53. The SMILES string of the molecule is CC(C(=O)Nc1nnc(C2CC2)s1)N1C(=O)c2cc(Cl)c(Cl)cc2C1=O. The van der Waals surface area contributed by atoms with Crippen LogP contribution in [0.1, 0.15) is 51.4 Å². The van der Waals surface area contributed by atoms with E-state index >= 15 is 0 Å². The summed E-state index contributed by atoms with van der Waals surface area (Å²) in [6.07, 6.45) is 2.16. The zero-order chi connectivity index (χ0) is 18.6. The number of aromatic nitrogens is 2. The highest BCUT2D eigenvalue weighted by Gasteiger charge is 2.41. The zero-order valence-electron chi connectivity index (χ0n) is 13.5. The highest BCUT2D eigenvalue weighted by atomic mass is 35.5. The summed E-state index contributed by atoms with van der Waals surface area (Å²) >= 11 is 13.2. The third-order valence-electron chi connectivity index (χ3n) is 4.32. The highest BCUT2D eigenvalue weighted by molar-refractivity contribution is 7.15. The van der Waals surface area contributed by atoms with Gasteiger partial charge in [-0.25, -0.2) is 0 Å². The third kappa shape index (κ3) is 2.87. The minimum Gasteiger partial charge on any atom is -0.299 e. The van der Waals surface area contributed by atoms with E-state index in [1.165, 1.54) is 30.4 Å². The maximum atomic E-state index is 12.6. The minimum absolute atomic E-state index is 0.135. The number of nitrogens with one attached hydrogen (secondary N) is 1. The Kier molecular flexibility index (Phi) is 4.21. The van der Waals surface area contributed by atoms with Crippen molar-refractivity contribution in [1.29, 1.82) is 0 Å². The van der Waals surface area contributed by atoms with Crippen LogP contribution in [0.25, 0.3) is 0 Å². The smallest absolute Gasteiger partial charge is 0.262 e. The van der Waals surface area contributed by atoms with Crippen molar-refractivity contribution in [2.24, 2.45) is 0 Å². The zero-order valence-corrected chi connectivity index (χ0v) is 15.8. The highest BCUT2D eigenvalue weighted by Crippen LogP contribution is 2.42. The molecule has 26 heavy (non-hydrogen) atoms. The first-order valence-electron chi connectivity index (χ1n) is 7.88. The van der Waals surface area contributed by atoms with Crippen LogP contribution >= 0.6 is 34.5 Å². The van der Waals surface area contributed by atoms with Crippen molar-refractivity contribution in [3.05, 3.63) is 38.3 Å². The van der Waals surface area contributed by atoms with E-state index in [4.69, 9.17) is 23.2 Å². The predicted octanol–water partition coefficient (Wildman–Crippen LogP) is 3.35. The normalized spacial score (nSPS) is 17.4. The average molecular weight is 411 g/mol. The van der Waals surface area contributed by atoms with E-state index in [2.05, 4.69) is 15.5 Å². The fourth-order valence-electron chi connectivity index (χ4n) is 2.71. The van der Waals surface area contributed by atoms with Crippen molar-refractivity contribution in [2.45, 2.75) is 31.7 Å². The van der Waals surface area contributed by atoms with Crippen LogP contribution in [0.2, 0.25) is 10.0 Å². The molecule has 134 valence electrons. The molecule has 10 heteroatoms. The van der Waals surface area contributed by atoms with Gasteiger partial charge in [0.2, 0.25) is 11.0 Å². The molecule has 0 radical (unpaired) electrons. The van der Waals surface area contributed by atoms with Gasteiger partial charge < -0.3 is 0 Å². The van der Waals surface area contributed by atoms with Crippen molar-refractivity contribution in [1.82, 2.24) is 15.1 Å². The number of fused-ring (bicyclic) bond motifs is 1. The van der Waals surface area contributed by atoms with Gasteiger partial charge in [-0.2, -0.15) is 0 Å². The number of anilines is 1. The average Bonchev–Trinajstić information content (AvgIpc) is 3.31. The molecule has 1 atom stereocenters. The van der Waals surface area contributed by atoms with E-state index < -0.39 is 23.8 Å². The Bertz CT molecular complexity index is 916.